The number of rotatable bonds is 9. The first-order valence-corrected chi connectivity index (χ1v) is 34.9. The Bertz CT molecular complexity index is 7250. The Labute approximate surface area is 584 Å². The molecule has 0 aliphatic heterocycles. The van der Waals surface area contributed by atoms with E-state index in [4.69, 9.17) is 8.83 Å². The molecule has 6 aromatic heterocycles. The highest BCUT2D eigenvalue weighted by molar-refractivity contribution is 6.18. The molecule has 0 aliphatic rings. The van der Waals surface area contributed by atoms with Gasteiger partial charge in [0.2, 0.25) is 0 Å². The molecule has 0 N–H and O–H groups in total. The van der Waals surface area contributed by atoms with Gasteiger partial charge in [-0.3, -0.25) is 0 Å². The summed E-state index contributed by atoms with van der Waals surface area (Å²) in [4.78, 5) is 0. The van der Waals surface area contributed by atoms with Crippen molar-refractivity contribution in [1.82, 2.24) is 18.3 Å². The summed E-state index contributed by atoms with van der Waals surface area (Å²) < 4.78 is 22.8. The van der Waals surface area contributed by atoms with E-state index < -0.39 is 0 Å². The van der Waals surface area contributed by atoms with Crippen molar-refractivity contribution in [2.75, 3.05) is 0 Å². The standard InChI is InChI=1S/C96H58N4O2/c1-2-20-67(21-3-1)97-83-31-9-4-24-73(83)79-54-61(41-48-87(79)97)63-43-50-89-81(56-63)75-26-6-11-33-85(75)99(89)69-22-14-18-60(52-69)65-40-47-78-94(58-65)102-93-37-16-29-71(95(78)93)59-38-45-68(46-39-59)98-84-32-10-5-25-74(84)80-55-62(42-49-88(80)98)64-44-51-90-82(57-64)76-27-7-12-34-86(76)100(90)70-23-15-19-66(53-70)72-30-17-36-92-96(72)77-28-8-13-35-91(77)101-92/h1-58H. The molecule has 0 amide bonds. The summed E-state index contributed by atoms with van der Waals surface area (Å²) in [6.45, 7) is 0. The van der Waals surface area contributed by atoms with Crippen LogP contribution in [-0.4, -0.2) is 18.3 Å². The summed E-state index contributed by atoms with van der Waals surface area (Å²) in [5, 5.41) is 14.3. The van der Waals surface area contributed by atoms with Gasteiger partial charge in [0.25, 0.3) is 0 Å². The number of aromatic nitrogens is 4. The first-order chi connectivity index (χ1) is 50.6. The normalized spacial score (nSPS) is 12.1. The van der Waals surface area contributed by atoms with Crippen LogP contribution in [0.3, 0.4) is 0 Å². The van der Waals surface area contributed by atoms with E-state index in [0.717, 1.165) is 117 Å². The Balaban J connectivity index is 0.572. The van der Waals surface area contributed by atoms with E-state index in [2.05, 4.69) is 358 Å². The fourth-order valence-corrected chi connectivity index (χ4v) is 17.0. The second-order valence-corrected chi connectivity index (χ2v) is 27.1. The molecule has 0 radical (unpaired) electrons. The third-order valence-corrected chi connectivity index (χ3v) is 21.6. The molecule has 102 heavy (non-hydrogen) atoms. The Kier molecular flexibility index (Phi) is 12.1. The molecule has 0 unspecified atom stereocenters. The van der Waals surface area contributed by atoms with Gasteiger partial charge in [-0.05, 0) is 207 Å². The highest BCUT2D eigenvalue weighted by Crippen LogP contribution is 2.45. The van der Waals surface area contributed by atoms with Crippen molar-refractivity contribution >= 4 is 131 Å². The first kappa shape index (κ1) is 56.3. The van der Waals surface area contributed by atoms with Crippen LogP contribution in [-0.2, 0) is 0 Å². The monoisotopic (exact) mass is 1300 g/mol. The van der Waals surface area contributed by atoms with Crippen molar-refractivity contribution in [2.45, 2.75) is 0 Å². The fraction of sp³-hybridized carbons (Fsp3) is 0. The van der Waals surface area contributed by atoms with Gasteiger partial charge in [-0.1, -0.05) is 200 Å². The van der Waals surface area contributed by atoms with Crippen LogP contribution in [0, 0.1) is 0 Å². The molecule has 22 rings (SSSR count). The van der Waals surface area contributed by atoms with Gasteiger partial charge in [0, 0.05) is 87.4 Å². The van der Waals surface area contributed by atoms with Crippen LogP contribution in [0.1, 0.15) is 0 Å². The summed E-state index contributed by atoms with van der Waals surface area (Å²) in [7, 11) is 0. The highest BCUT2D eigenvalue weighted by atomic mass is 16.3. The number of hydrogen-bond acceptors (Lipinski definition) is 2. The van der Waals surface area contributed by atoms with Crippen molar-refractivity contribution in [3.8, 4) is 78.4 Å². The van der Waals surface area contributed by atoms with Gasteiger partial charge in [0.05, 0.1) is 44.1 Å². The van der Waals surface area contributed by atoms with Gasteiger partial charge < -0.3 is 27.1 Å². The van der Waals surface area contributed by atoms with Crippen LogP contribution >= 0.6 is 0 Å². The zero-order valence-electron chi connectivity index (χ0n) is 55.1. The summed E-state index contributed by atoms with van der Waals surface area (Å²) in [5.74, 6) is 0. The molecule has 0 aliphatic carbocycles. The maximum atomic E-state index is 6.81. The fourth-order valence-electron chi connectivity index (χ4n) is 17.0. The molecular weight excluding hydrogens is 1240 g/mol. The maximum absolute atomic E-state index is 6.81. The van der Waals surface area contributed by atoms with Gasteiger partial charge in [-0.2, -0.15) is 0 Å². The quantitative estimate of drug-likeness (QED) is 0.145. The minimum atomic E-state index is 0.858. The molecule has 0 fully saturated rings. The minimum absolute atomic E-state index is 0.858. The zero-order chi connectivity index (χ0) is 66.7. The van der Waals surface area contributed by atoms with Gasteiger partial charge in [-0.25, -0.2) is 0 Å². The lowest BCUT2D eigenvalue weighted by Crippen LogP contribution is -1.94. The van der Waals surface area contributed by atoms with E-state index in [1.54, 1.807) is 0 Å². The molecule has 474 valence electrons. The number of para-hydroxylation sites is 6. The summed E-state index contributed by atoms with van der Waals surface area (Å²) >= 11 is 0. The van der Waals surface area contributed by atoms with Crippen LogP contribution in [0.25, 0.3) is 209 Å². The third-order valence-electron chi connectivity index (χ3n) is 21.6. The van der Waals surface area contributed by atoms with Gasteiger partial charge in [0.15, 0.2) is 0 Å². The predicted octanol–water partition coefficient (Wildman–Crippen LogP) is 26.2. The Hall–Kier alpha value is -13.7. The van der Waals surface area contributed by atoms with Gasteiger partial charge in [0.1, 0.15) is 22.3 Å². The van der Waals surface area contributed by atoms with Gasteiger partial charge >= 0.3 is 0 Å². The van der Waals surface area contributed by atoms with E-state index in [-0.39, 0.29) is 0 Å². The van der Waals surface area contributed by atoms with E-state index in [1.807, 2.05) is 12.1 Å². The first-order valence-electron chi connectivity index (χ1n) is 34.9. The van der Waals surface area contributed by atoms with E-state index in [1.165, 1.54) is 92.9 Å². The molecule has 16 aromatic carbocycles. The average Bonchev–Trinajstić information content (AvgIpc) is 1.59. The van der Waals surface area contributed by atoms with Crippen molar-refractivity contribution in [2.24, 2.45) is 0 Å². The molecule has 0 spiro atoms. The highest BCUT2D eigenvalue weighted by Gasteiger charge is 2.22. The van der Waals surface area contributed by atoms with Crippen molar-refractivity contribution in [3.05, 3.63) is 352 Å². The molecule has 6 heteroatoms. The second-order valence-electron chi connectivity index (χ2n) is 27.1. The number of furan rings is 2. The topological polar surface area (TPSA) is 46.0 Å². The van der Waals surface area contributed by atoms with Crippen LogP contribution in [0.5, 0.6) is 0 Å². The van der Waals surface area contributed by atoms with Crippen molar-refractivity contribution in [3.63, 3.8) is 0 Å². The largest absolute Gasteiger partial charge is 0.456 e. The van der Waals surface area contributed by atoms with Crippen LogP contribution < -0.4 is 0 Å². The number of benzene rings is 16. The van der Waals surface area contributed by atoms with Gasteiger partial charge in [-0.15, -0.1) is 0 Å². The summed E-state index contributed by atoms with van der Waals surface area (Å²) in [6, 6.07) is 128. The molecule has 6 heterocycles. The molecule has 0 saturated heterocycles. The molecule has 0 bridgehead atoms. The molecular formula is C96H58N4O2. The smallest absolute Gasteiger partial charge is 0.136 e. The molecule has 22 aromatic rings. The van der Waals surface area contributed by atoms with E-state index in [0.29, 0.717) is 0 Å². The van der Waals surface area contributed by atoms with Crippen molar-refractivity contribution in [1.29, 1.82) is 0 Å². The lowest BCUT2D eigenvalue weighted by molar-refractivity contribution is 0.668. The second kappa shape index (κ2) is 21.9. The minimum Gasteiger partial charge on any atom is -0.456 e. The van der Waals surface area contributed by atoms with E-state index in [9.17, 15) is 0 Å². The zero-order valence-corrected chi connectivity index (χ0v) is 55.1. The Morgan fingerprint density at radius 1 is 0.157 bits per heavy atom. The Morgan fingerprint density at radius 2 is 0.471 bits per heavy atom. The number of fused-ring (bicyclic) bond motifs is 18. The molecule has 0 saturated carbocycles. The lowest BCUT2D eigenvalue weighted by Gasteiger charge is -2.12. The van der Waals surface area contributed by atoms with E-state index >= 15 is 0 Å². The van der Waals surface area contributed by atoms with Crippen molar-refractivity contribution < 1.29 is 8.83 Å². The number of nitrogens with zero attached hydrogens (tertiary/aromatic N) is 4. The summed E-state index contributed by atoms with van der Waals surface area (Å²) in [5.41, 5.74) is 28.9. The molecule has 0 atom stereocenters. The summed E-state index contributed by atoms with van der Waals surface area (Å²) in [6.07, 6.45) is 0. The van der Waals surface area contributed by atoms with Crippen LogP contribution in [0.15, 0.2) is 361 Å². The lowest BCUT2D eigenvalue weighted by atomic mass is 9.97. The SMILES string of the molecule is c1ccc(-n2c3ccccc3c3cc(-c4ccc5c(c4)c4ccccc4n5-c4cccc(-c5ccc6c(c5)oc5cccc(-c7ccc(-n8c9ccccc9c9cc(-c%10ccc%11c(c%10)c%10ccccc%10n%11-c%10cccc(-c%11cccc%12oc%13ccccc%13c%11%12)c%10)ccc98)cc7)c56)c4)ccc32)cc1. The third kappa shape index (κ3) is 8.47. The molecule has 6 nitrogen and oxygen atoms in total. The van der Waals surface area contributed by atoms with Crippen LogP contribution in [0.4, 0.5) is 0 Å². The average molecular weight is 1300 g/mol. The Morgan fingerprint density at radius 3 is 0.971 bits per heavy atom. The predicted molar refractivity (Wildman–Crippen MR) is 426 cm³/mol. The van der Waals surface area contributed by atoms with Crippen LogP contribution in [0.2, 0.25) is 0 Å². The number of hydrogen-bond donors (Lipinski definition) is 0. The maximum Gasteiger partial charge on any atom is 0.136 e.